The maximum absolute atomic E-state index is 9.25. The lowest BCUT2D eigenvalue weighted by Crippen LogP contribution is -2.41. The quantitative estimate of drug-likeness (QED) is 0.495. The molecule has 0 radical (unpaired) electrons. The number of hydrogen-bond donors (Lipinski definition) is 2. The average molecular weight is 353 g/mol. The van der Waals surface area contributed by atoms with Gasteiger partial charge < -0.3 is 20.2 Å². The molecule has 0 bridgehead atoms. The van der Waals surface area contributed by atoms with Crippen LogP contribution >= 0.6 is 0 Å². The Morgan fingerprint density at radius 3 is 2.64 bits per heavy atom. The van der Waals surface area contributed by atoms with Crippen LogP contribution < -0.4 is 5.32 Å². The van der Waals surface area contributed by atoms with E-state index in [1.165, 1.54) is 51.7 Å². The second kappa shape index (κ2) is 11.7. The van der Waals surface area contributed by atoms with Crippen LogP contribution in [0.3, 0.4) is 0 Å². The highest BCUT2D eigenvalue weighted by atomic mass is 16.3. The van der Waals surface area contributed by atoms with Crippen molar-refractivity contribution in [1.82, 2.24) is 15.1 Å². The molecule has 0 aromatic carbocycles. The van der Waals surface area contributed by atoms with Crippen molar-refractivity contribution >= 4 is 5.96 Å². The van der Waals surface area contributed by atoms with E-state index in [1.54, 1.807) is 0 Å². The summed E-state index contributed by atoms with van der Waals surface area (Å²) in [6.07, 6.45) is 8.65. The van der Waals surface area contributed by atoms with E-state index in [0.717, 1.165) is 50.9 Å². The standard InChI is InChI=1S/C20H40N4O/c1-3-8-18(10-14-25)15-22-20(21-4-2)24-13-9-19(17-24)16-23-11-6-5-7-12-23/h18-19,25H,3-17H2,1-2H3,(H,21,22). The molecule has 2 N–H and O–H groups in total. The number of guanidine groups is 1. The van der Waals surface area contributed by atoms with Crippen LogP contribution in [-0.2, 0) is 0 Å². The van der Waals surface area contributed by atoms with Gasteiger partial charge in [-0.25, -0.2) is 0 Å². The summed E-state index contributed by atoms with van der Waals surface area (Å²) in [6, 6.07) is 0. The van der Waals surface area contributed by atoms with E-state index in [2.05, 4.69) is 29.0 Å². The van der Waals surface area contributed by atoms with Crippen LogP contribution in [0.25, 0.3) is 0 Å². The van der Waals surface area contributed by atoms with E-state index in [1.807, 2.05) is 0 Å². The van der Waals surface area contributed by atoms with Crippen LogP contribution in [-0.4, -0.2) is 73.3 Å². The summed E-state index contributed by atoms with van der Waals surface area (Å²) in [5.41, 5.74) is 0. The molecule has 2 aliphatic rings. The zero-order valence-corrected chi connectivity index (χ0v) is 16.6. The molecule has 0 amide bonds. The monoisotopic (exact) mass is 352 g/mol. The molecule has 2 atom stereocenters. The van der Waals surface area contributed by atoms with Gasteiger partial charge in [-0.15, -0.1) is 0 Å². The van der Waals surface area contributed by atoms with Crippen molar-refractivity contribution in [2.24, 2.45) is 16.8 Å². The molecule has 25 heavy (non-hydrogen) atoms. The van der Waals surface area contributed by atoms with Gasteiger partial charge in [0, 0.05) is 39.3 Å². The topological polar surface area (TPSA) is 51.1 Å². The number of aliphatic hydroxyl groups excluding tert-OH is 1. The molecule has 0 spiro atoms. The second-order valence-corrected chi connectivity index (χ2v) is 7.82. The number of aliphatic hydroxyl groups is 1. The molecule has 5 nitrogen and oxygen atoms in total. The predicted octanol–water partition coefficient (Wildman–Crippen LogP) is 2.56. The Bertz CT molecular complexity index is 376. The fourth-order valence-electron chi connectivity index (χ4n) is 4.24. The van der Waals surface area contributed by atoms with Crippen LogP contribution in [0.1, 0.15) is 58.8 Å². The number of nitrogens with one attached hydrogen (secondary N) is 1. The summed E-state index contributed by atoms with van der Waals surface area (Å²) in [4.78, 5) is 10.0. The zero-order valence-electron chi connectivity index (χ0n) is 16.6. The molecule has 0 aliphatic carbocycles. The summed E-state index contributed by atoms with van der Waals surface area (Å²) in [5.74, 6) is 2.38. The number of likely N-dealkylation sites (tertiary alicyclic amines) is 2. The number of hydrogen-bond acceptors (Lipinski definition) is 3. The van der Waals surface area contributed by atoms with Gasteiger partial charge in [0.2, 0.25) is 0 Å². The van der Waals surface area contributed by atoms with E-state index in [9.17, 15) is 5.11 Å². The van der Waals surface area contributed by atoms with E-state index in [0.29, 0.717) is 5.92 Å². The van der Waals surface area contributed by atoms with Crippen molar-refractivity contribution in [2.45, 2.75) is 58.8 Å². The third-order valence-electron chi connectivity index (χ3n) is 5.62. The number of aliphatic imine (C=N–C) groups is 1. The molecule has 146 valence electrons. The minimum Gasteiger partial charge on any atom is -0.396 e. The molecule has 2 saturated heterocycles. The van der Waals surface area contributed by atoms with Crippen LogP contribution in [0.2, 0.25) is 0 Å². The van der Waals surface area contributed by atoms with Crippen LogP contribution in [0.5, 0.6) is 0 Å². The first-order valence-electron chi connectivity index (χ1n) is 10.6. The van der Waals surface area contributed by atoms with Crippen molar-refractivity contribution in [2.75, 3.05) is 52.4 Å². The molecule has 2 aliphatic heterocycles. The molecule has 2 fully saturated rings. The number of piperidine rings is 1. The molecule has 0 saturated carbocycles. The second-order valence-electron chi connectivity index (χ2n) is 7.82. The van der Waals surface area contributed by atoms with Crippen LogP contribution in [0.15, 0.2) is 4.99 Å². The minimum atomic E-state index is 0.276. The van der Waals surface area contributed by atoms with E-state index in [-0.39, 0.29) is 6.61 Å². The van der Waals surface area contributed by atoms with Crippen molar-refractivity contribution in [3.05, 3.63) is 0 Å². The normalized spacial score (nSPS) is 23.9. The molecule has 2 unspecified atom stereocenters. The highest BCUT2D eigenvalue weighted by molar-refractivity contribution is 5.80. The SMILES string of the molecule is CCCC(CCO)CN=C(NCC)N1CCC(CN2CCCCC2)C1. The maximum atomic E-state index is 9.25. The van der Waals surface area contributed by atoms with Gasteiger partial charge in [-0.1, -0.05) is 19.8 Å². The predicted molar refractivity (Wildman–Crippen MR) is 106 cm³/mol. The molecule has 2 heterocycles. The van der Waals surface area contributed by atoms with Crippen molar-refractivity contribution < 1.29 is 5.11 Å². The Hall–Kier alpha value is -0.810. The van der Waals surface area contributed by atoms with Gasteiger partial charge in [-0.05, 0) is 64.0 Å². The van der Waals surface area contributed by atoms with Gasteiger partial charge in [-0.2, -0.15) is 0 Å². The first-order valence-corrected chi connectivity index (χ1v) is 10.6. The maximum Gasteiger partial charge on any atom is 0.193 e. The first-order chi connectivity index (χ1) is 12.3. The lowest BCUT2D eigenvalue weighted by atomic mass is 10.0. The van der Waals surface area contributed by atoms with Gasteiger partial charge in [0.05, 0.1) is 0 Å². The molecular formula is C20H40N4O. The Balaban J connectivity index is 1.85. The van der Waals surface area contributed by atoms with Gasteiger partial charge in [0.15, 0.2) is 5.96 Å². The fraction of sp³-hybridized carbons (Fsp3) is 0.950. The molecule has 0 aromatic rings. The summed E-state index contributed by atoms with van der Waals surface area (Å²) in [5, 5.41) is 12.7. The summed E-state index contributed by atoms with van der Waals surface area (Å²) < 4.78 is 0. The average Bonchev–Trinajstić information content (AvgIpc) is 3.08. The molecule has 2 rings (SSSR count). The third-order valence-corrected chi connectivity index (χ3v) is 5.62. The Morgan fingerprint density at radius 2 is 1.96 bits per heavy atom. The van der Waals surface area contributed by atoms with Crippen molar-refractivity contribution in [3.8, 4) is 0 Å². The minimum absolute atomic E-state index is 0.276. The summed E-state index contributed by atoms with van der Waals surface area (Å²) >= 11 is 0. The van der Waals surface area contributed by atoms with Crippen LogP contribution in [0.4, 0.5) is 0 Å². The van der Waals surface area contributed by atoms with E-state index >= 15 is 0 Å². The number of nitrogens with zero attached hydrogens (tertiary/aromatic N) is 3. The van der Waals surface area contributed by atoms with Gasteiger partial charge >= 0.3 is 0 Å². The molecule has 5 heteroatoms. The van der Waals surface area contributed by atoms with Crippen molar-refractivity contribution in [3.63, 3.8) is 0 Å². The van der Waals surface area contributed by atoms with E-state index < -0.39 is 0 Å². The Morgan fingerprint density at radius 1 is 1.16 bits per heavy atom. The highest BCUT2D eigenvalue weighted by Crippen LogP contribution is 2.20. The largest absolute Gasteiger partial charge is 0.396 e. The lowest BCUT2D eigenvalue weighted by Gasteiger charge is -2.29. The lowest BCUT2D eigenvalue weighted by molar-refractivity contribution is 0.198. The van der Waals surface area contributed by atoms with E-state index in [4.69, 9.17) is 4.99 Å². The van der Waals surface area contributed by atoms with Gasteiger partial charge in [0.1, 0.15) is 0 Å². The first kappa shape index (κ1) is 20.5. The van der Waals surface area contributed by atoms with Crippen LogP contribution in [0, 0.1) is 11.8 Å². The highest BCUT2D eigenvalue weighted by Gasteiger charge is 2.27. The van der Waals surface area contributed by atoms with Gasteiger partial charge in [0.25, 0.3) is 0 Å². The Labute approximate surface area is 154 Å². The fourth-order valence-corrected chi connectivity index (χ4v) is 4.24. The Kier molecular flexibility index (Phi) is 9.63. The molecule has 0 aromatic heterocycles. The zero-order chi connectivity index (χ0) is 17.9. The van der Waals surface area contributed by atoms with Crippen molar-refractivity contribution in [1.29, 1.82) is 0 Å². The summed E-state index contributed by atoms with van der Waals surface area (Å²) in [6.45, 7) is 12.5. The van der Waals surface area contributed by atoms with Gasteiger partial charge in [-0.3, -0.25) is 4.99 Å². The summed E-state index contributed by atoms with van der Waals surface area (Å²) in [7, 11) is 0. The molecular weight excluding hydrogens is 312 g/mol. The number of rotatable bonds is 9. The third kappa shape index (κ3) is 7.14. The smallest absolute Gasteiger partial charge is 0.193 e.